The summed E-state index contributed by atoms with van der Waals surface area (Å²) in [7, 11) is 1.60. The van der Waals surface area contributed by atoms with Crippen LogP contribution in [0.3, 0.4) is 0 Å². The standard InChI is InChI=1S/C17H18N4O2S2/c1-23-14-5-2-4-13(10-14)19-16(22)11-25-17-20-18-12-21(17)8-7-15-6-3-9-24-15/h2-6,9-10,12H,7-8,11H2,1H3,(H,19,22). The van der Waals surface area contributed by atoms with Crippen LogP contribution < -0.4 is 10.1 Å². The molecule has 8 heteroatoms. The average molecular weight is 374 g/mol. The van der Waals surface area contributed by atoms with E-state index in [2.05, 4.69) is 27.0 Å². The van der Waals surface area contributed by atoms with Gasteiger partial charge in [-0.3, -0.25) is 4.79 Å². The summed E-state index contributed by atoms with van der Waals surface area (Å²) in [6, 6.07) is 11.4. The summed E-state index contributed by atoms with van der Waals surface area (Å²) in [6.45, 7) is 0.799. The zero-order chi connectivity index (χ0) is 17.5. The molecule has 0 aliphatic rings. The Kier molecular flexibility index (Phi) is 6.08. The van der Waals surface area contributed by atoms with Crippen LogP contribution in [-0.2, 0) is 17.8 Å². The van der Waals surface area contributed by atoms with E-state index >= 15 is 0 Å². The van der Waals surface area contributed by atoms with Crippen molar-refractivity contribution in [3.05, 3.63) is 53.0 Å². The predicted molar refractivity (Wildman–Crippen MR) is 100 cm³/mol. The van der Waals surface area contributed by atoms with E-state index in [0.29, 0.717) is 11.4 Å². The van der Waals surface area contributed by atoms with Crippen LogP contribution in [-0.4, -0.2) is 33.5 Å². The molecule has 2 heterocycles. The van der Waals surface area contributed by atoms with E-state index < -0.39 is 0 Å². The van der Waals surface area contributed by atoms with Gasteiger partial charge in [0.05, 0.1) is 12.9 Å². The molecule has 0 unspecified atom stereocenters. The smallest absolute Gasteiger partial charge is 0.234 e. The summed E-state index contributed by atoms with van der Waals surface area (Å²) < 4.78 is 7.13. The third-order valence-corrected chi connectivity index (χ3v) is 5.36. The maximum absolute atomic E-state index is 12.1. The fourth-order valence-corrected chi connectivity index (χ4v) is 3.66. The zero-order valence-electron chi connectivity index (χ0n) is 13.7. The van der Waals surface area contributed by atoms with Crippen LogP contribution in [0.1, 0.15) is 4.88 Å². The summed E-state index contributed by atoms with van der Waals surface area (Å²) in [4.78, 5) is 13.5. The number of thiophene rings is 1. The fourth-order valence-electron chi connectivity index (χ4n) is 2.22. The number of ether oxygens (including phenoxy) is 1. The number of anilines is 1. The molecule has 0 fully saturated rings. The lowest BCUT2D eigenvalue weighted by Gasteiger charge is -2.07. The Balaban J connectivity index is 1.51. The molecule has 1 N–H and O–H groups in total. The fraction of sp³-hybridized carbons (Fsp3) is 0.235. The molecule has 0 aliphatic heterocycles. The van der Waals surface area contributed by atoms with Gasteiger partial charge in [-0.1, -0.05) is 23.9 Å². The van der Waals surface area contributed by atoms with E-state index in [9.17, 15) is 4.79 Å². The van der Waals surface area contributed by atoms with Crippen molar-refractivity contribution in [3.63, 3.8) is 0 Å². The van der Waals surface area contributed by atoms with E-state index in [1.807, 2.05) is 28.8 Å². The number of nitrogens with one attached hydrogen (secondary N) is 1. The van der Waals surface area contributed by atoms with E-state index in [0.717, 1.165) is 18.1 Å². The minimum absolute atomic E-state index is 0.0916. The van der Waals surface area contributed by atoms with Gasteiger partial charge in [0.25, 0.3) is 0 Å². The quantitative estimate of drug-likeness (QED) is 0.613. The van der Waals surface area contributed by atoms with Crippen molar-refractivity contribution in [2.45, 2.75) is 18.1 Å². The Morgan fingerprint density at radius 3 is 3.08 bits per heavy atom. The number of hydrogen-bond donors (Lipinski definition) is 1. The number of benzene rings is 1. The van der Waals surface area contributed by atoms with Crippen molar-refractivity contribution in [2.75, 3.05) is 18.2 Å². The van der Waals surface area contributed by atoms with E-state index in [1.165, 1.54) is 16.6 Å². The highest BCUT2D eigenvalue weighted by molar-refractivity contribution is 7.99. The monoisotopic (exact) mass is 374 g/mol. The first-order valence-corrected chi connectivity index (χ1v) is 9.58. The second kappa shape index (κ2) is 8.68. The molecule has 130 valence electrons. The minimum atomic E-state index is -0.0916. The second-order valence-corrected chi connectivity index (χ2v) is 7.18. The molecule has 6 nitrogen and oxygen atoms in total. The van der Waals surface area contributed by atoms with Crippen LogP contribution >= 0.6 is 23.1 Å². The van der Waals surface area contributed by atoms with Gasteiger partial charge in [-0.2, -0.15) is 0 Å². The highest BCUT2D eigenvalue weighted by Crippen LogP contribution is 2.19. The molecule has 3 aromatic rings. The topological polar surface area (TPSA) is 69.0 Å². The molecule has 2 aromatic heterocycles. The zero-order valence-corrected chi connectivity index (χ0v) is 15.3. The van der Waals surface area contributed by atoms with Gasteiger partial charge in [0.1, 0.15) is 12.1 Å². The molecule has 0 saturated carbocycles. The van der Waals surface area contributed by atoms with Gasteiger partial charge in [-0.15, -0.1) is 21.5 Å². The lowest BCUT2D eigenvalue weighted by Crippen LogP contribution is -2.14. The molecular weight excluding hydrogens is 356 g/mol. The summed E-state index contributed by atoms with van der Waals surface area (Å²) in [5, 5.41) is 13.7. The first kappa shape index (κ1) is 17.5. The van der Waals surface area contributed by atoms with Gasteiger partial charge in [-0.05, 0) is 30.0 Å². The minimum Gasteiger partial charge on any atom is -0.497 e. The van der Waals surface area contributed by atoms with Gasteiger partial charge in [0, 0.05) is 23.2 Å². The molecule has 25 heavy (non-hydrogen) atoms. The molecular formula is C17H18N4O2S2. The van der Waals surface area contributed by atoms with Crippen LogP contribution in [0.25, 0.3) is 0 Å². The molecule has 0 saturated heterocycles. The summed E-state index contributed by atoms with van der Waals surface area (Å²) in [6.07, 6.45) is 2.63. The summed E-state index contributed by atoms with van der Waals surface area (Å²) >= 11 is 3.12. The van der Waals surface area contributed by atoms with Crippen molar-refractivity contribution in [1.82, 2.24) is 14.8 Å². The van der Waals surface area contributed by atoms with Gasteiger partial charge >= 0.3 is 0 Å². The van der Waals surface area contributed by atoms with Gasteiger partial charge in [0.2, 0.25) is 5.91 Å². The molecule has 1 aromatic carbocycles. The Labute approximate surface area is 154 Å². The molecule has 0 atom stereocenters. The Morgan fingerprint density at radius 1 is 1.36 bits per heavy atom. The SMILES string of the molecule is COc1cccc(NC(=O)CSc2nncn2CCc2cccs2)c1. The number of carbonyl (C=O) groups is 1. The lowest BCUT2D eigenvalue weighted by atomic mass is 10.3. The second-order valence-electron chi connectivity index (χ2n) is 5.21. The maximum Gasteiger partial charge on any atom is 0.234 e. The number of aromatic nitrogens is 3. The van der Waals surface area contributed by atoms with Crippen LogP contribution in [0.5, 0.6) is 5.75 Å². The first-order chi connectivity index (χ1) is 12.2. The Morgan fingerprint density at radius 2 is 2.28 bits per heavy atom. The van der Waals surface area contributed by atoms with Crippen LogP contribution in [0, 0.1) is 0 Å². The third-order valence-electron chi connectivity index (χ3n) is 3.45. The van der Waals surface area contributed by atoms with Crippen molar-refractivity contribution >= 4 is 34.7 Å². The number of rotatable bonds is 8. The summed E-state index contributed by atoms with van der Waals surface area (Å²) in [5.41, 5.74) is 0.712. The van der Waals surface area contributed by atoms with E-state index in [4.69, 9.17) is 4.74 Å². The molecule has 3 rings (SSSR count). The largest absolute Gasteiger partial charge is 0.497 e. The number of carbonyl (C=O) groups excluding carboxylic acids is 1. The molecule has 0 spiro atoms. The van der Waals surface area contributed by atoms with Gasteiger partial charge in [-0.25, -0.2) is 0 Å². The van der Waals surface area contributed by atoms with Crippen molar-refractivity contribution in [1.29, 1.82) is 0 Å². The molecule has 0 aliphatic carbocycles. The molecule has 0 radical (unpaired) electrons. The molecule has 0 bridgehead atoms. The first-order valence-electron chi connectivity index (χ1n) is 7.71. The number of thioether (sulfide) groups is 1. The van der Waals surface area contributed by atoms with Crippen molar-refractivity contribution in [3.8, 4) is 5.75 Å². The van der Waals surface area contributed by atoms with Crippen molar-refractivity contribution in [2.24, 2.45) is 0 Å². The number of hydrogen-bond acceptors (Lipinski definition) is 6. The van der Waals surface area contributed by atoms with Crippen LogP contribution in [0.2, 0.25) is 0 Å². The number of amides is 1. The van der Waals surface area contributed by atoms with Crippen LogP contribution in [0.4, 0.5) is 5.69 Å². The van der Waals surface area contributed by atoms with Gasteiger partial charge < -0.3 is 14.6 Å². The highest BCUT2D eigenvalue weighted by atomic mass is 32.2. The Bertz CT molecular complexity index is 818. The summed E-state index contributed by atoms with van der Waals surface area (Å²) in [5.74, 6) is 0.888. The lowest BCUT2D eigenvalue weighted by molar-refractivity contribution is -0.113. The Hall–Kier alpha value is -2.32. The molecule has 1 amide bonds. The number of methoxy groups -OCH3 is 1. The normalized spacial score (nSPS) is 10.6. The van der Waals surface area contributed by atoms with Crippen molar-refractivity contribution < 1.29 is 9.53 Å². The third kappa shape index (κ3) is 5.07. The average Bonchev–Trinajstić information content (AvgIpc) is 3.30. The van der Waals surface area contributed by atoms with E-state index in [1.54, 1.807) is 30.8 Å². The predicted octanol–water partition coefficient (Wildman–Crippen LogP) is 3.32. The number of nitrogens with zero attached hydrogens (tertiary/aromatic N) is 3. The number of aryl methyl sites for hydroxylation is 2. The van der Waals surface area contributed by atoms with E-state index in [-0.39, 0.29) is 11.7 Å². The van der Waals surface area contributed by atoms with Gasteiger partial charge in [0.15, 0.2) is 5.16 Å². The maximum atomic E-state index is 12.1. The van der Waals surface area contributed by atoms with Crippen LogP contribution in [0.15, 0.2) is 53.3 Å². The highest BCUT2D eigenvalue weighted by Gasteiger charge is 2.10.